The zero-order valence-electron chi connectivity index (χ0n) is 17.5. The molecule has 2 N–H and O–H groups in total. The van der Waals surface area contributed by atoms with E-state index in [1.165, 1.54) is 28.5 Å². The molecule has 3 rings (SSSR count). The zero-order valence-corrected chi connectivity index (χ0v) is 19.9. The smallest absolute Gasteiger partial charge is 0.462 e. The molecule has 0 amide bonds. The highest BCUT2D eigenvalue weighted by Crippen LogP contribution is 2.30. The molecule has 0 aliphatic heterocycles. The molecule has 34 heavy (non-hydrogen) atoms. The van der Waals surface area contributed by atoms with Crippen molar-refractivity contribution in [3.63, 3.8) is 0 Å². The van der Waals surface area contributed by atoms with Crippen LogP contribution >= 0.6 is 32.9 Å². The fraction of sp³-hybridized carbons (Fsp3) is 0.190. The molecule has 1 heterocycles. The third-order valence-electron chi connectivity index (χ3n) is 4.19. The Labute approximate surface area is 205 Å². The summed E-state index contributed by atoms with van der Waals surface area (Å²) in [7, 11) is 3.06. The van der Waals surface area contributed by atoms with Crippen molar-refractivity contribution in [2.45, 2.75) is 12.8 Å². The first-order valence-corrected chi connectivity index (χ1v) is 12.3. The van der Waals surface area contributed by atoms with Gasteiger partial charge in [0, 0.05) is 16.6 Å². The van der Waals surface area contributed by atoms with Crippen LogP contribution in [0, 0.1) is 13.9 Å². The standard InChI is InChI=1S/C21H18N2O8S3/c22-14-5-8-16(20(24)28-9-1-2-10-29-23(26)27)17(11-14)31-21(25)30-15-6-3-13(4-7-15)18-12-19(32)34-33-18/h3-8,11-12H,1-2,9-10,22H2. The zero-order chi connectivity index (χ0) is 24.5. The van der Waals surface area contributed by atoms with E-state index < -0.39 is 17.2 Å². The third-order valence-corrected chi connectivity index (χ3v) is 7.10. The lowest BCUT2D eigenvalue weighted by Gasteiger charge is -2.11. The van der Waals surface area contributed by atoms with Crippen LogP contribution < -0.4 is 15.2 Å². The van der Waals surface area contributed by atoms with Gasteiger partial charge in [-0.1, -0.05) is 32.9 Å². The van der Waals surface area contributed by atoms with Crippen LogP contribution in [0.2, 0.25) is 0 Å². The largest absolute Gasteiger partial charge is 0.519 e. The summed E-state index contributed by atoms with van der Waals surface area (Å²) in [5.41, 5.74) is 6.92. The van der Waals surface area contributed by atoms with E-state index in [2.05, 4.69) is 4.84 Å². The number of esters is 1. The second-order valence-electron chi connectivity index (χ2n) is 6.63. The molecule has 0 spiro atoms. The average Bonchev–Trinajstić information content (AvgIpc) is 3.22. The van der Waals surface area contributed by atoms with Gasteiger partial charge >= 0.3 is 12.1 Å². The number of nitrogens with two attached hydrogens (primary N) is 1. The van der Waals surface area contributed by atoms with E-state index >= 15 is 0 Å². The van der Waals surface area contributed by atoms with Crippen LogP contribution in [0.5, 0.6) is 11.5 Å². The Balaban J connectivity index is 1.57. The van der Waals surface area contributed by atoms with E-state index in [9.17, 15) is 19.7 Å². The summed E-state index contributed by atoms with van der Waals surface area (Å²) < 4.78 is 16.3. The van der Waals surface area contributed by atoms with Gasteiger partial charge in [-0.3, -0.25) is 0 Å². The van der Waals surface area contributed by atoms with Gasteiger partial charge in [0.1, 0.15) is 15.1 Å². The maximum absolute atomic E-state index is 12.4. The first-order chi connectivity index (χ1) is 16.3. The average molecular weight is 523 g/mol. The molecule has 10 nitrogen and oxygen atoms in total. The fourth-order valence-electron chi connectivity index (χ4n) is 2.64. The summed E-state index contributed by atoms with van der Waals surface area (Å²) in [6.07, 6.45) is -0.384. The third kappa shape index (κ3) is 7.50. The Morgan fingerprint density at radius 2 is 1.74 bits per heavy atom. The predicted octanol–water partition coefficient (Wildman–Crippen LogP) is 5.51. The number of nitrogen functional groups attached to an aromatic ring is 1. The van der Waals surface area contributed by atoms with Gasteiger partial charge in [0.15, 0.2) is 5.75 Å². The number of unbranched alkanes of at least 4 members (excludes halogenated alkanes) is 1. The lowest BCUT2D eigenvalue weighted by atomic mass is 10.2. The molecule has 0 saturated carbocycles. The molecule has 178 valence electrons. The number of hydrogen-bond donors (Lipinski definition) is 1. The Morgan fingerprint density at radius 1 is 1.00 bits per heavy atom. The molecular formula is C21H18N2O8S3. The molecule has 3 aromatic rings. The van der Waals surface area contributed by atoms with E-state index in [1.54, 1.807) is 34.6 Å². The molecule has 0 fully saturated rings. The van der Waals surface area contributed by atoms with E-state index in [-0.39, 0.29) is 36.0 Å². The van der Waals surface area contributed by atoms with Crippen LogP contribution in [0.3, 0.4) is 0 Å². The van der Waals surface area contributed by atoms with E-state index in [0.717, 1.165) is 14.3 Å². The molecular weight excluding hydrogens is 504 g/mol. The van der Waals surface area contributed by atoms with Gasteiger partial charge in [-0.25, -0.2) is 9.59 Å². The summed E-state index contributed by atoms with van der Waals surface area (Å²) in [5, 5.41) is 9.21. The minimum absolute atomic E-state index is 0.00152. The van der Waals surface area contributed by atoms with Crippen LogP contribution in [-0.2, 0) is 9.57 Å². The summed E-state index contributed by atoms with van der Waals surface area (Å²) in [6.45, 7) is -0.102. The Kier molecular flexibility index (Phi) is 8.90. The van der Waals surface area contributed by atoms with Crippen molar-refractivity contribution in [3.05, 3.63) is 68.0 Å². The van der Waals surface area contributed by atoms with Gasteiger partial charge in [-0.2, -0.15) is 0 Å². The molecule has 0 aliphatic rings. The number of anilines is 1. The molecule has 0 bridgehead atoms. The predicted molar refractivity (Wildman–Crippen MR) is 128 cm³/mol. The monoisotopic (exact) mass is 522 g/mol. The number of benzene rings is 2. The normalized spacial score (nSPS) is 10.4. The Hall–Kier alpha value is -3.55. The molecule has 13 heteroatoms. The maximum Gasteiger partial charge on any atom is 0.519 e. The van der Waals surface area contributed by atoms with E-state index in [1.807, 2.05) is 6.07 Å². The topological polar surface area (TPSA) is 140 Å². The molecule has 2 aromatic carbocycles. The summed E-state index contributed by atoms with van der Waals surface area (Å²) in [4.78, 5) is 40.0. The van der Waals surface area contributed by atoms with Gasteiger partial charge in [-0.15, -0.1) is 10.1 Å². The van der Waals surface area contributed by atoms with Gasteiger partial charge in [0.05, 0.1) is 13.2 Å². The fourth-order valence-corrected chi connectivity index (χ4v) is 5.05. The quantitative estimate of drug-likeness (QED) is 0.0529. The molecule has 0 aliphatic carbocycles. The van der Waals surface area contributed by atoms with Crippen LogP contribution in [0.15, 0.2) is 48.5 Å². The maximum atomic E-state index is 12.4. The van der Waals surface area contributed by atoms with Crippen molar-refractivity contribution in [2.24, 2.45) is 0 Å². The molecule has 1 aromatic heterocycles. The van der Waals surface area contributed by atoms with E-state index in [0.29, 0.717) is 12.8 Å². The number of carbonyl (C=O) groups is 2. The lowest BCUT2D eigenvalue weighted by Crippen LogP contribution is -2.17. The molecule has 0 atom stereocenters. The van der Waals surface area contributed by atoms with Crippen molar-refractivity contribution < 1.29 is 33.7 Å². The number of hydrogen-bond acceptors (Lipinski definition) is 12. The second kappa shape index (κ2) is 12.1. The first-order valence-electron chi connectivity index (χ1n) is 9.76. The van der Waals surface area contributed by atoms with Crippen LogP contribution in [0.1, 0.15) is 23.2 Å². The number of rotatable bonds is 10. The van der Waals surface area contributed by atoms with Crippen molar-refractivity contribution in [1.29, 1.82) is 0 Å². The highest BCUT2D eigenvalue weighted by molar-refractivity contribution is 7.80. The first kappa shape index (κ1) is 25.1. The van der Waals surface area contributed by atoms with Gasteiger partial charge in [-0.05, 0) is 60.9 Å². The minimum Gasteiger partial charge on any atom is -0.462 e. The van der Waals surface area contributed by atoms with Crippen LogP contribution in [0.25, 0.3) is 10.4 Å². The summed E-state index contributed by atoms with van der Waals surface area (Å²) >= 11 is 5.14. The Morgan fingerprint density at radius 3 is 2.41 bits per heavy atom. The highest BCUT2D eigenvalue weighted by Gasteiger charge is 2.18. The summed E-state index contributed by atoms with van der Waals surface area (Å²) in [5.74, 6) is -0.626. The lowest BCUT2D eigenvalue weighted by molar-refractivity contribution is -0.757. The Bertz CT molecular complexity index is 1220. The van der Waals surface area contributed by atoms with Crippen LogP contribution in [-0.4, -0.2) is 30.4 Å². The summed E-state index contributed by atoms with van der Waals surface area (Å²) in [6, 6.07) is 12.8. The molecule has 0 radical (unpaired) electrons. The van der Waals surface area contributed by atoms with Crippen molar-refractivity contribution in [1.82, 2.24) is 0 Å². The molecule has 0 saturated heterocycles. The van der Waals surface area contributed by atoms with Gasteiger partial charge in [0.2, 0.25) is 0 Å². The molecule has 0 unspecified atom stereocenters. The van der Waals surface area contributed by atoms with Crippen molar-refractivity contribution in [2.75, 3.05) is 18.9 Å². The SMILES string of the molecule is Nc1ccc(C(=O)OCCCCO[N+](=O)[O-])c(OC(=O)Oc2ccc(-c3cc(=S)ss3)cc2)c1. The highest BCUT2D eigenvalue weighted by atomic mass is 32.9. The van der Waals surface area contributed by atoms with Gasteiger partial charge in [0.25, 0.3) is 5.09 Å². The van der Waals surface area contributed by atoms with Crippen molar-refractivity contribution in [3.8, 4) is 21.9 Å². The second-order valence-corrected chi connectivity index (χ2v) is 9.54. The number of ether oxygens (including phenoxy) is 3. The van der Waals surface area contributed by atoms with Crippen LogP contribution in [0.4, 0.5) is 10.5 Å². The van der Waals surface area contributed by atoms with Gasteiger partial charge < -0.3 is 24.8 Å². The number of carbonyl (C=O) groups excluding carboxylic acids is 2. The van der Waals surface area contributed by atoms with E-state index in [4.69, 9.17) is 32.2 Å². The van der Waals surface area contributed by atoms with Crippen molar-refractivity contribution >= 4 is 50.7 Å². The minimum atomic E-state index is -1.06. The number of nitrogens with zero attached hydrogens (tertiary/aromatic N) is 1.